The maximum absolute atomic E-state index is 11.6. The third-order valence-electron chi connectivity index (χ3n) is 6.07. The molecule has 1 aliphatic heterocycles. The van der Waals surface area contributed by atoms with Crippen LogP contribution in [0.25, 0.3) is 11.1 Å². The Morgan fingerprint density at radius 1 is 1.09 bits per heavy atom. The van der Waals surface area contributed by atoms with Gasteiger partial charge in [0.2, 0.25) is 0 Å². The van der Waals surface area contributed by atoms with Crippen molar-refractivity contribution in [1.82, 2.24) is 4.90 Å². The van der Waals surface area contributed by atoms with E-state index >= 15 is 0 Å². The molecule has 0 aliphatic carbocycles. The molecule has 3 aromatic rings. The lowest BCUT2D eigenvalue weighted by molar-refractivity contribution is -0.144. The lowest BCUT2D eigenvalue weighted by Gasteiger charge is -2.33. The second kappa shape index (κ2) is 10.3. The number of carbonyl (C=O) groups is 1. The number of piperidine rings is 1. The summed E-state index contributed by atoms with van der Waals surface area (Å²) in [6, 6.07) is 22.3. The highest BCUT2D eigenvalue weighted by molar-refractivity contribution is 9.10. The molecule has 0 unspecified atom stereocenters. The minimum atomic E-state index is -0.718. The summed E-state index contributed by atoms with van der Waals surface area (Å²) in [5, 5.41) is 9.51. The van der Waals surface area contributed by atoms with Gasteiger partial charge >= 0.3 is 5.97 Å². The van der Waals surface area contributed by atoms with Crippen LogP contribution in [0.3, 0.4) is 0 Å². The second-order valence-electron chi connectivity index (χ2n) is 8.35. The van der Waals surface area contributed by atoms with Gasteiger partial charge < -0.3 is 9.84 Å². The molecule has 1 atom stereocenters. The largest absolute Gasteiger partial charge is 0.489 e. The normalized spacial score (nSPS) is 16.6. The van der Waals surface area contributed by atoms with Gasteiger partial charge in [0.15, 0.2) is 0 Å². The van der Waals surface area contributed by atoms with E-state index < -0.39 is 5.97 Å². The van der Waals surface area contributed by atoms with E-state index in [9.17, 15) is 9.90 Å². The van der Waals surface area contributed by atoms with Gasteiger partial charge in [-0.05, 0) is 70.6 Å². The van der Waals surface area contributed by atoms with E-state index in [0.29, 0.717) is 13.2 Å². The Morgan fingerprint density at radius 3 is 2.66 bits per heavy atom. The van der Waals surface area contributed by atoms with Crippen LogP contribution >= 0.6 is 15.9 Å². The zero-order valence-electron chi connectivity index (χ0n) is 18.3. The number of likely N-dealkylation sites (tertiary alicyclic amines) is 1. The number of halogens is 1. The first-order valence-electron chi connectivity index (χ1n) is 11.0. The molecule has 0 radical (unpaired) electrons. The maximum atomic E-state index is 11.6. The van der Waals surface area contributed by atoms with Gasteiger partial charge in [0.1, 0.15) is 18.4 Å². The number of carboxylic acid groups (broad SMARTS) is 1. The Balaban J connectivity index is 1.44. The lowest BCUT2D eigenvalue weighted by Crippen LogP contribution is -2.43. The zero-order chi connectivity index (χ0) is 22.5. The van der Waals surface area contributed by atoms with Crippen LogP contribution in [0.5, 0.6) is 5.75 Å². The fourth-order valence-electron chi connectivity index (χ4n) is 4.35. The van der Waals surface area contributed by atoms with Gasteiger partial charge in [-0.3, -0.25) is 9.69 Å². The highest BCUT2D eigenvalue weighted by Gasteiger charge is 2.28. The zero-order valence-corrected chi connectivity index (χ0v) is 19.8. The first-order chi connectivity index (χ1) is 15.5. The van der Waals surface area contributed by atoms with Gasteiger partial charge in [0.05, 0.1) is 0 Å². The third kappa shape index (κ3) is 5.22. The molecule has 0 amide bonds. The summed E-state index contributed by atoms with van der Waals surface area (Å²) in [6.07, 6.45) is 2.77. The van der Waals surface area contributed by atoms with E-state index in [1.165, 1.54) is 5.56 Å². The highest BCUT2D eigenvalue weighted by Crippen LogP contribution is 2.32. The van der Waals surface area contributed by atoms with Crippen molar-refractivity contribution < 1.29 is 14.6 Å². The van der Waals surface area contributed by atoms with Crippen LogP contribution in [0.15, 0.2) is 71.2 Å². The van der Waals surface area contributed by atoms with Gasteiger partial charge in [0.25, 0.3) is 0 Å². The van der Waals surface area contributed by atoms with E-state index in [0.717, 1.165) is 58.3 Å². The van der Waals surface area contributed by atoms with Crippen LogP contribution in [0.1, 0.15) is 36.0 Å². The molecule has 0 saturated carbocycles. The molecular formula is C27H28BrNO3. The van der Waals surface area contributed by atoms with E-state index in [1.807, 2.05) is 37.3 Å². The number of carboxylic acids is 1. The minimum absolute atomic E-state index is 0.380. The maximum Gasteiger partial charge on any atom is 0.320 e. The van der Waals surface area contributed by atoms with E-state index in [4.69, 9.17) is 4.74 Å². The number of ether oxygens (including phenoxy) is 1. The van der Waals surface area contributed by atoms with Crippen molar-refractivity contribution in [3.63, 3.8) is 0 Å². The molecule has 0 aromatic heterocycles. The molecule has 1 aliphatic rings. The molecule has 1 N–H and O–H groups in total. The van der Waals surface area contributed by atoms with Crippen molar-refractivity contribution in [1.29, 1.82) is 0 Å². The number of aliphatic carboxylic acids is 1. The average molecular weight is 494 g/mol. The average Bonchev–Trinajstić information content (AvgIpc) is 2.80. The van der Waals surface area contributed by atoms with Crippen molar-refractivity contribution in [3.05, 3.63) is 87.9 Å². The lowest BCUT2D eigenvalue weighted by atomic mass is 10.0. The Bertz CT molecular complexity index is 1080. The quantitative estimate of drug-likeness (QED) is 0.411. The smallest absolute Gasteiger partial charge is 0.320 e. The van der Waals surface area contributed by atoms with Gasteiger partial charge in [-0.1, -0.05) is 67.1 Å². The fraction of sp³-hybridized carbons (Fsp3) is 0.296. The minimum Gasteiger partial charge on any atom is -0.489 e. The van der Waals surface area contributed by atoms with Crippen LogP contribution in [0.2, 0.25) is 0 Å². The predicted molar refractivity (Wildman–Crippen MR) is 131 cm³/mol. The van der Waals surface area contributed by atoms with Crippen molar-refractivity contribution in [3.8, 4) is 16.9 Å². The molecule has 4 nitrogen and oxygen atoms in total. The number of rotatable bonds is 7. The summed E-state index contributed by atoms with van der Waals surface area (Å²) < 4.78 is 7.21. The fourth-order valence-corrected chi connectivity index (χ4v) is 4.96. The van der Waals surface area contributed by atoms with Crippen LogP contribution in [-0.4, -0.2) is 28.6 Å². The topological polar surface area (TPSA) is 49.8 Å². The third-order valence-corrected chi connectivity index (χ3v) is 7.01. The summed E-state index contributed by atoms with van der Waals surface area (Å²) in [6.45, 7) is 4.00. The van der Waals surface area contributed by atoms with Crippen LogP contribution < -0.4 is 4.74 Å². The van der Waals surface area contributed by atoms with Gasteiger partial charge in [-0.2, -0.15) is 0 Å². The Hall–Kier alpha value is -2.63. The van der Waals surface area contributed by atoms with E-state index in [2.05, 4.69) is 57.2 Å². The molecule has 1 heterocycles. The molecule has 0 bridgehead atoms. The van der Waals surface area contributed by atoms with Crippen molar-refractivity contribution >= 4 is 21.9 Å². The van der Waals surface area contributed by atoms with Crippen LogP contribution in [0.4, 0.5) is 0 Å². The molecule has 1 saturated heterocycles. The molecular weight excluding hydrogens is 466 g/mol. The van der Waals surface area contributed by atoms with Gasteiger partial charge in [0, 0.05) is 16.6 Å². The molecule has 4 rings (SSSR count). The summed E-state index contributed by atoms with van der Waals surface area (Å²) in [5.41, 5.74) is 5.58. The molecule has 3 aromatic carbocycles. The number of aryl methyl sites for hydroxylation is 1. The van der Waals surface area contributed by atoms with Crippen molar-refractivity contribution in [2.45, 2.75) is 45.4 Å². The van der Waals surface area contributed by atoms with E-state index in [1.54, 1.807) is 0 Å². The first-order valence-corrected chi connectivity index (χ1v) is 11.8. The molecule has 5 heteroatoms. The highest BCUT2D eigenvalue weighted by atomic mass is 79.9. The Labute approximate surface area is 198 Å². The summed E-state index contributed by atoms with van der Waals surface area (Å²) in [4.78, 5) is 13.6. The second-order valence-corrected chi connectivity index (χ2v) is 9.15. The Kier molecular flexibility index (Phi) is 7.28. The summed E-state index contributed by atoms with van der Waals surface area (Å²) in [5.74, 6) is 0.129. The number of hydrogen-bond acceptors (Lipinski definition) is 3. The number of nitrogens with zero attached hydrogens (tertiary/aromatic N) is 1. The summed E-state index contributed by atoms with van der Waals surface area (Å²) in [7, 11) is 0. The summed E-state index contributed by atoms with van der Waals surface area (Å²) >= 11 is 3.76. The number of hydrogen-bond donors (Lipinski definition) is 1. The molecule has 166 valence electrons. The molecule has 32 heavy (non-hydrogen) atoms. The number of benzene rings is 3. The monoisotopic (exact) mass is 493 g/mol. The van der Waals surface area contributed by atoms with Crippen molar-refractivity contribution in [2.75, 3.05) is 6.54 Å². The Morgan fingerprint density at radius 2 is 1.91 bits per heavy atom. The standard InChI is InChI=1S/C27H28BrNO3/c1-19-16-20(17-29-15-6-5-12-24(29)27(30)31)13-14-25(19)32-18-22-10-7-11-23(26(22)28)21-8-3-2-4-9-21/h2-4,7-11,13-14,16,24H,5-6,12,15,17-18H2,1H3,(H,30,31)/t24-/m0/s1. The van der Waals surface area contributed by atoms with Crippen LogP contribution in [0, 0.1) is 6.92 Å². The van der Waals surface area contributed by atoms with Gasteiger partial charge in [-0.15, -0.1) is 0 Å². The predicted octanol–water partition coefficient (Wildman–Crippen LogP) is 6.44. The molecule has 1 fully saturated rings. The van der Waals surface area contributed by atoms with E-state index in [-0.39, 0.29) is 6.04 Å². The van der Waals surface area contributed by atoms with Crippen molar-refractivity contribution in [2.24, 2.45) is 0 Å². The first kappa shape index (κ1) is 22.6. The van der Waals surface area contributed by atoms with Gasteiger partial charge in [-0.25, -0.2) is 0 Å². The molecule has 0 spiro atoms. The SMILES string of the molecule is Cc1cc(CN2CCCC[C@H]2C(=O)O)ccc1OCc1cccc(-c2ccccc2)c1Br. The van der Waals surface area contributed by atoms with Crippen LogP contribution in [-0.2, 0) is 17.9 Å².